The average molecular weight is 349 g/mol. The van der Waals surface area contributed by atoms with Crippen molar-refractivity contribution in [2.75, 3.05) is 31.9 Å². The van der Waals surface area contributed by atoms with Gasteiger partial charge in [0.1, 0.15) is 0 Å². The molecule has 0 spiro atoms. The number of likely N-dealkylation sites (tertiary alicyclic amines) is 1. The molecule has 6 heteroatoms. The van der Waals surface area contributed by atoms with E-state index in [0.29, 0.717) is 12.3 Å². The van der Waals surface area contributed by atoms with Crippen molar-refractivity contribution in [3.8, 4) is 0 Å². The number of amides is 1. The minimum absolute atomic E-state index is 0.206. The van der Waals surface area contributed by atoms with Crippen molar-refractivity contribution >= 4 is 23.6 Å². The van der Waals surface area contributed by atoms with Gasteiger partial charge in [-0.2, -0.15) is 0 Å². The molecule has 1 aliphatic heterocycles. The monoisotopic (exact) mass is 348 g/mol. The Labute approximate surface area is 149 Å². The highest BCUT2D eigenvalue weighted by Crippen LogP contribution is 2.20. The first-order valence-corrected chi connectivity index (χ1v) is 9.67. The van der Waals surface area contributed by atoms with Crippen LogP contribution >= 0.6 is 11.8 Å². The molecule has 24 heavy (non-hydrogen) atoms. The second kappa shape index (κ2) is 10.2. The molecule has 0 radical (unpaired) electrons. The van der Waals surface area contributed by atoms with Gasteiger partial charge in [0.05, 0.1) is 6.54 Å². The van der Waals surface area contributed by atoms with E-state index in [1.165, 1.54) is 4.90 Å². The fraction of sp³-hybridized carbons (Fsp3) is 0.556. The molecule has 2 rings (SSSR count). The van der Waals surface area contributed by atoms with Crippen LogP contribution in [-0.2, 0) is 4.79 Å². The van der Waals surface area contributed by atoms with Gasteiger partial charge in [0.25, 0.3) is 0 Å². The first-order valence-electron chi connectivity index (χ1n) is 8.68. The highest BCUT2D eigenvalue weighted by atomic mass is 32.2. The van der Waals surface area contributed by atoms with Crippen molar-refractivity contribution in [1.82, 2.24) is 10.2 Å². The van der Waals surface area contributed by atoms with E-state index in [1.807, 2.05) is 17.8 Å². The number of carbonyl (C=O) groups excluding carboxylic acids is 1. The number of benzene rings is 1. The zero-order valence-electron chi connectivity index (χ0n) is 14.4. The van der Waals surface area contributed by atoms with Crippen LogP contribution in [0, 0.1) is 5.92 Å². The number of primary amides is 1. The molecule has 1 atom stereocenters. The molecule has 5 nitrogen and oxygen atoms in total. The van der Waals surface area contributed by atoms with Crippen molar-refractivity contribution in [2.45, 2.75) is 31.1 Å². The van der Waals surface area contributed by atoms with Crippen LogP contribution in [0.15, 0.2) is 40.2 Å². The number of nitrogens with one attached hydrogen (secondary N) is 1. The quantitative estimate of drug-likeness (QED) is 0.343. The molecular formula is C18H28N4OS. The Balaban J connectivity index is 1.86. The summed E-state index contributed by atoms with van der Waals surface area (Å²) in [4.78, 5) is 19.5. The lowest BCUT2D eigenvalue weighted by Gasteiger charge is -2.34. The Morgan fingerprint density at radius 2 is 2.21 bits per heavy atom. The summed E-state index contributed by atoms with van der Waals surface area (Å²) in [6, 6.07) is 10.4. The molecule has 3 N–H and O–H groups in total. The lowest BCUT2D eigenvalue weighted by molar-refractivity contribution is -0.119. The zero-order valence-corrected chi connectivity index (χ0v) is 15.2. The van der Waals surface area contributed by atoms with Crippen LogP contribution in [0.4, 0.5) is 0 Å². The average Bonchev–Trinajstić information content (AvgIpc) is 2.58. The van der Waals surface area contributed by atoms with E-state index >= 15 is 0 Å². The van der Waals surface area contributed by atoms with Gasteiger partial charge >= 0.3 is 0 Å². The molecule has 1 saturated heterocycles. The van der Waals surface area contributed by atoms with E-state index in [-0.39, 0.29) is 5.91 Å². The van der Waals surface area contributed by atoms with Crippen LogP contribution in [0.25, 0.3) is 0 Å². The Kier molecular flexibility index (Phi) is 7.95. The van der Waals surface area contributed by atoms with Crippen molar-refractivity contribution in [3.63, 3.8) is 0 Å². The number of rotatable bonds is 7. The topological polar surface area (TPSA) is 70.7 Å². The predicted molar refractivity (Wildman–Crippen MR) is 101 cm³/mol. The second-order valence-corrected chi connectivity index (χ2v) is 7.19. The summed E-state index contributed by atoms with van der Waals surface area (Å²) in [6.07, 6.45) is 2.63. The standard InChI is InChI=1S/C18H28N4OS/c1-2-20-18(21-10-12-24-16-8-4-3-5-9-16)22-11-6-7-15(14-22)13-17(19)23/h3-5,8-9,15H,2,6-7,10-14H2,1H3,(H2,19,23)(H,20,21). The molecule has 1 aliphatic rings. The van der Waals surface area contributed by atoms with E-state index in [9.17, 15) is 4.79 Å². The third-order valence-corrected chi connectivity index (χ3v) is 5.00. The van der Waals surface area contributed by atoms with Crippen LogP contribution in [0.5, 0.6) is 0 Å². The largest absolute Gasteiger partial charge is 0.370 e. The molecule has 1 aromatic carbocycles. The summed E-state index contributed by atoms with van der Waals surface area (Å²) in [5.74, 6) is 2.06. The van der Waals surface area contributed by atoms with Gasteiger partial charge in [-0.05, 0) is 37.8 Å². The summed E-state index contributed by atoms with van der Waals surface area (Å²) in [5.41, 5.74) is 5.35. The lowest BCUT2D eigenvalue weighted by atomic mass is 9.95. The first kappa shape index (κ1) is 18.6. The van der Waals surface area contributed by atoms with Crippen LogP contribution < -0.4 is 11.1 Å². The maximum atomic E-state index is 11.2. The van der Waals surface area contributed by atoms with Crippen LogP contribution in [0.2, 0.25) is 0 Å². The highest BCUT2D eigenvalue weighted by Gasteiger charge is 2.23. The fourth-order valence-electron chi connectivity index (χ4n) is 2.97. The number of hydrogen-bond acceptors (Lipinski definition) is 3. The van der Waals surface area contributed by atoms with Gasteiger partial charge in [0.15, 0.2) is 5.96 Å². The number of carbonyl (C=O) groups is 1. The van der Waals surface area contributed by atoms with Gasteiger partial charge < -0.3 is 16.0 Å². The Hall–Kier alpha value is -1.69. The molecule has 1 heterocycles. The van der Waals surface area contributed by atoms with Gasteiger partial charge in [0.2, 0.25) is 5.91 Å². The lowest BCUT2D eigenvalue weighted by Crippen LogP contribution is -2.47. The third kappa shape index (κ3) is 6.43. The number of guanidine groups is 1. The summed E-state index contributed by atoms with van der Waals surface area (Å²) >= 11 is 1.82. The molecule has 1 aromatic rings. The summed E-state index contributed by atoms with van der Waals surface area (Å²) in [6.45, 7) is 5.56. The Morgan fingerprint density at radius 1 is 1.42 bits per heavy atom. The molecule has 0 saturated carbocycles. The number of hydrogen-bond donors (Lipinski definition) is 2. The van der Waals surface area contributed by atoms with Crippen molar-refractivity contribution in [2.24, 2.45) is 16.6 Å². The van der Waals surface area contributed by atoms with Gasteiger partial charge in [-0.15, -0.1) is 11.8 Å². The molecule has 0 aliphatic carbocycles. The molecule has 0 bridgehead atoms. The minimum atomic E-state index is -0.206. The normalized spacial score (nSPS) is 18.5. The maximum Gasteiger partial charge on any atom is 0.217 e. The smallest absolute Gasteiger partial charge is 0.217 e. The van der Waals surface area contributed by atoms with E-state index in [0.717, 1.165) is 50.7 Å². The predicted octanol–water partition coefficient (Wildman–Crippen LogP) is 2.33. The number of aliphatic imine (C=N–C) groups is 1. The molecule has 132 valence electrons. The van der Waals surface area contributed by atoms with E-state index in [4.69, 9.17) is 10.7 Å². The second-order valence-electron chi connectivity index (χ2n) is 6.02. The molecule has 1 unspecified atom stereocenters. The highest BCUT2D eigenvalue weighted by molar-refractivity contribution is 7.99. The van der Waals surface area contributed by atoms with Crippen molar-refractivity contribution in [3.05, 3.63) is 30.3 Å². The van der Waals surface area contributed by atoms with Crippen LogP contribution in [0.1, 0.15) is 26.2 Å². The molecule has 1 fully saturated rings. The molecular weight excluding hydrogens is 320 g/mol. The zero-order chi connectivity index (χ0) is 17.2. The van der Waals surface area contributed by atoms with Gasteiger partial charge in [0, 0.05) is 36.7 Å². The summed E-state index contributed by atoms with van der Waals surface area (Å²) < 4.78 is 0. The Morgan fingerprint density at radius 3 is 2.92 bits per heavy atom. The number of nitrogens with zero attached hydrogens (tertiary/aromatic N) is 2. The van der Waals surface area contributed by atoms with Gasteiger partial charge in [-0.3, -0.25) is 9.79 Å². The van der Waals surface area contributed by atoms with E-state index in [2.05, 4.69) is 41.4 Å². The van der Waals surface area contributed by atoms with E-state index < -0.39 is 0 Å². The van der Waals surface area contributed by atoms with Crippen LogP contribution in [-0.4, -0.2) is 48.7 Å². The molecule has 0 aromatic heterocycles. The fourth-order valence-corrected chi connectivity index (χ4v) is 3.73. The maximum absolute atomic E-state index is 11.2. The number of nitrogens with two attached hydrogens (primary N) is 1. The number of piperidine rings is 1. The minimum Gasteiger partial charge on any atom is -0.370 e. The SMILES string of the molecule is CCNC(=NCCSc1ccccc1)N1CCCC(CC(N)=O)C1. The van der Waals surface area contributed by atoms with Gasteiger partial charge in [-0.1, -0.05) is 18.2 Å². The third-order valence-electron chi connectivity index (χ3n) is 4.01. The summed E-state index contributed by atoms with van der Waals surface area (Å²) in [7, 11) is 0. The first-order chi connectivity index (χ1) is 11.7. The van der Waals surface area contributed by atoms with Crippen molar-refractivity contribution in [1.29, 1.82) is 0 Å². The number of thioether (sulfide) groups is 1. The van der Waals surface area contributed by atoms with E-state index in [1.54, 1.807) is 0 Å². The molecule has 1 amide bonds. The van der Waals surface area contributed by atoms with Gasteiger partial charge in [-0.25, -0.2) is 0 Å². The summed E-state index contributed by atoms with van der Waals surface area (Å²) in [5, 5.41) is 3.38. The van der Waals surface area contributed by atoms with Crippen molar-refractivity contribution < 1.29 is 4.79 Å². The van der Waals surface area contributed by atoms with Crippen LogP contribution in [0.3, 0.4) is 0 Å². The Bertz CT molecular complexity index is 535.